The molecule has 0 radical (unpaired) electrons. The molecule has 6 heteroatoms. The molecule has 1 N–H and O–H groups in total. The van der Waals surface area contributed by atoms with Crippen LogP contribution in [-0.4, -0.2) is 27.8 Å². The molecule has 0 unspecified atom stereocenters. The molecule has 0 bridgehead atoms. The van der Waals surface area contributed by atoms with Crippen molar-refractivity contribution in [3.05, 3.63) is 41.5 Å². The van der Waals surface area contributed by atoms with Crippen molar-refractivity contribution in [2.24, 2.45) is 0 Å². The summed E-state index contributed by atoms with van der Waals surface area (Å²) in [4.78, 5) is 12.3. The summed E-state index contributed by atoms with van der Waals surface area (Å²) in [7, 11) is 1.65. The molecular formula is C19H26N4O2. The molecule has 1 atom stereocenters. The predicted molar refractivity (Wildman–Crippen MR) is 95.4 cm³/mol. The van der Waals surface area contributed by atoms with Crippen LogP contribution in [0.3, 0.4) is 0 Å². The number of fused-ring (bicyclic) bond motifs is 1. The normalized spacial score (nSPS) is 15.1. The Morgan fingerprint density at radius 2 is 2.04 bits per heavy atom. The van der Waals surface area contributed by atoms with Gasteiger partial charge in [0.15, 0.2) is 5.82 Å². The summed E-state index contributed by atoms with van der Waals surface area (Å²) in [6.45, 7) is 2.93. The first-order chi connectivity index (χ1) is 12.2. The Labute approximate surface area is 148 Å². The summed E-state index contributed by atoms with van der Waals surface area (Å²) in [6.07, 6.45) is 5.69. The van der Waals surface area contributed by atoms with Crippen LogP contribution in [0.25, 0.3) is 0 Å². The molecule has 2 heterocycles. The molecular weight excluding hydrogens is 316 g/mol. The monoisotopic (exact) mass is 342 g/mol. The minimum absolute atomic E-state index is 0.0364. The molecule has 3 rings (SSSR count). The fourth-order valence-electron chi connectivity index (χ4n) is 3.26. The van der Waals surface area contributed by atoms with Gasteiger partial charge in [-0.05, 0) is 43.9 Å². The van der Waals surface area contributed by atoms with Gasteiger partial charge in [0.1, 0.15) is 11.6 Å². The smallest absolute Gasteiger partial charge is 0.220 e. The Morgan fingerprint density at radius 3 is 2.80 bits per heavy atom. The van der Waals surface area contributed by atoms with Gasteiger partial charge in [-0.3, -0.25) is 4.79 Å². The Kier molecular flexibility index (Phi) is 5.68. The number of hydrogen-bond donors (Lipinski definition) is 1. The average molecular weight is 342 g/mol. The maximum atomic E-state index is 12.3. The van der Waals surface area contributed by atoms with E-state index in [1.807, 2.05) is 31.2 Å². The maximum absolute atomic E-state index is 12.3. The minimum atomic E-state index is -0.122. The van der Waals surface area contributed by atoms with E-state index >= 15 is 0 Å². The predicted octanol–water partition coefficient (Wildman–Crippen LogP) is 2.82. The summed E-state index contributed by atoms with van der Waals surface area (Å²) in [6, 6.07) is 7.70. The third-order valence-corrected chi connectivity index (χ3v) is 4.70. The molecule has 0 saturated carbocycles. The topological polar surface area (TPSA) is 69.0 Å². The van der Waals surface area contributed by atoms with Crippen molar-refractivity contribution in [2.75, 3.05) is 7.11 Å². The van der Waals surface area contributed by atoms with Crippen LogP contribution in [-0.2, 0) is 24.2 Å². The largest absolute Gasteiger partial charge is 0.497 e. The van der Waals surface area contributed by atoms with Crippen molar-refractivity contribution in [1.82, 2.24) is 20.1 Å². The van der Waals surface area contributed by atoms with Gasteiger partial charge in [0, 0.05) is 19.4 Å². The highest BCUT2D eigenvalue weighted by Gasteiger charge is 2.20. The summed E-state index contributed by atoms with van der Waals surface area (Å²) in [5.74, 6) is 2.78. The third-order valence-electron chi connectivity index (χ3n) is 4.70. The fraction of sp³-hybridized carbons (Fsp3) is 0.526. The zero-order valence-corrected chi connectivity index (χ0v) is 15.0. The fourth-order valence-corrected chi connectivity index (χ4v) is 3.26. The lowest BCUT2D eigenvalue weighted by molar-refractivity contribution is -0.121. The van der Waals surface area contributed by atoms with Crippen LogP contribution >= 0.6 is 0 Å². The van der Waals surface area contributed by atoms with Crippen molar-refractivity contribution >= 4 is 5.91 Å². The highest BCUT2D eigenvalue weighted by atomic mass is 16.5. The number of aromatic nitrogens is 3. The lowest BCUT2D eigenvalue weighted by Gasteiger charge is -2.15. The molecule has 1 aromatic carbocycles. The van der Waals surface area contributed by atoms with Gasteiger partial charge < -0.3 is 14.6 Å². The Morgan fingerprint density at radius 1 is 1.24 bits per heavy atom. The third kappa shape index (κ3) is 4.38. The van der Waals surface area contributed by atoms with Crippen LogP contribution in [0.15, 0.2) is 24.3 Å². The lowest BCUT2D eigenvalue weighted by atomic mass is 10.1. The van der Waals surface area contributed by atoms with E-state index in [-0.39, 0.29) is 11.9 Å². The first-order valence-electron chi connectivity index (χ1n) is 9.01. The van der Waals surface area contributed by atoms with Crippen molar-refractivity contribution in [3.63, 3.8) is 0 Å². The Hall–Kier alpha value is -2.37. The van der Waals surface area contributed by atoms with Gasteiger partial charge in [-0.25, -0.2) is 0 Å². The summed E-state index contributed by atoms with van der Waals surface area (Å²) >= 11 is 0. The number of hydrogen-bond acceptors (Lipinski definition) is 4. The molecule has 1 aliphatic rings. The van der Waals surface area contributed by atoms with E-state index in [4.69, 9.17) is 4.74 Å². The van der Waals surface area contributed by atoms with E-state index in [9.17, 15) is 4.79 Å². The first-order valence-corrected chi connectivity index (χ1v) is 9.01. The number of carbonyl (C=O) groups excluding carboxylic acids is 1. The van der Waals surface area contributed by atoms with Crippen LogP contribution < -0.4 is 10.1 Å². The van der Waals surface area contributed by atoms with Crippen molar-refractivity contribution < 1.29 is 9.53 Å². The van der Waals surface area contributed by atoms with Gasteiger partial charge in [-0.15, -0.1) is 10.2 Å². The van der Waals surface area contributed by atoms with E-state index in [1.54, 1.807) is 7.11 Å². The molecule has 25 heavy (non-hydrogen) atoms. The van der Waals surface area contributed by atoms with Gasteiger partial charge >= 0.3 is 0 Å². The van der Waals surface area contributed by atoms with Crippen molar-refractivity contribution in [2.45, 2.75) is 58.0 Å². The van der Waals surface area contributed by atoms with E-state index in [0.29, 0.717) is 12.8 Å². The molecule has 0 aliphatic carbocycles. The second kappa shape index (κ2) is 8.14. The lowest BCUT2D eigenvalue weighted by Crippen LogP contribution is -2.29. The summed E-state index contributed by atoms with van der Waals surface area (Å²) in [5, 5.41) is 11.7. The molecule has 134 valence electrons. The number of carbonyl (C=O) groups is 1. The standard InChI is InChI=1S/C19H26N4O2/c1-14(19-22-21-17-6-4-3-5-13-23(17)19)20-18(24)12-9-15-7-10-16(25-2)11-8-15/h7-8,10-11,14H,3-6,9,12-13H2,1-2H3,(H,20,24)/t14-/m1/s1. The summed E-state index contributed by atoms with van der Waals surface area (Å²) < 4.78 is 7.33. The number of nitrogens with one attached hydrogen (secondary N) is 1. The van der Waals surface area contributed by atoms with Crippen molar-refractivity contribution in [3.8, 4) is 5.75 Å². The van der Waals surface area contributed by atoms with E-state index in [0.717, 1.165) is 42.3 Å². The highest BCUT2D eigenvalue weighted by molar-refractivity contribution is 5.76. The average Bonchev–Trinajstić information content (AvgIpc) is 2.89. The quantitative estimate of drug-likeness (QED) is 0.876. The van der Waals surface area contributed by atoms with Crippen LogP contribution in [0.1, 0.15) is 55.9 Å². The van der Waals surface area contributed by atoms with Crippen molar-refractivity contribution in [1.29, 1.82) is 0 Å². The van der Waals surface area contributed by atoms with Gasteiger partial charge in [-0.2, -0.15) is 0 Å². The number of nitrogens with zero attached hydrogens (tertiary/aromatic N) is 3. The Bertz CT molecular complexity index is 709. The number of aryl methyl sites for hydroxylation is 2. The number of rotatable bonds is 6. The molecule has 0 fully saturated rings. The number of benzene rings is 1. The van der Waals surface area contributed by atoms with Gasteiger partial charge in [-0.1, -0.05) is 18.6 Å². The number of methoxy groups -OCH3 is 1. The van der Waals surface area contributed by atoms with Crippen LogP contribution in [0.2, 0.25) is 0 Å². The van der Waals surface area contributed by atoms with Gasteiger partial charge in [0.25, 0.3) is 0 Å². The molecule has 6 nitrogen and oxygen atoms in total. The highest BCUT2D eigenvalue weighted by Crippen LogP contribution is 2.19. The Balaban J connectivity index is 1.54. The van der Waals surface area contributed by atoms with Crippen LogP contribution in [0, 0.1) is 0 Å². The SMILES string of the molecule is COc1ccc(CCC(=O)N[C@H](C)c2nnc3n2CCCCC3)cc1. The zero-order valence-electron chi connectivity index (χ0n) is 15.0. The van der Waals surface area contributed by atoms with E-state index < -0.39 is 0 Å². The van der Waals surface area contributed by atoms with E-state index in [2.05, 4.69) is 20.1 Å². The molecule has 1 aromatic heterocycles. The molecule has 0 saturated heterocycles. The van der Waals surface area contributed by atoms with E-state index in [1.165, 1.54) is 12.8 Å². The molecule has 2 aromatic rings. The maximum Gasteiger partial charge on any atom is 0.220 e. The van der Waals surface area contributed by atoms with Gasteiger partial charge in [0.05, 0.1) is 13.2 Å². The molecule has 1 amide bonds. The molecule has 1 aliphatic heterocycles. The second-order valence-corrected chi connectivity index (χ2v) is 6.57. The second-order valence-electron chi connectivity index (χ2n) is 6.57. The van der Waals surface area contributed by atoms with Crippen LogP contribution in [0.5, 0.6) is 5.75 Å². The van der Waals surface area contributed by atoms with Crippen LogP contribution in [0.4, 0.5) is 0 Å². The number of ether oxygens (including phenoxy) is 1. The number of amides is 1. The zero-order chi connectivity index (χ0) is 17.6. The molecule has 0 spiro atoms. The summed E-state index contributed by atoms with van der Waals surface area (Å²) in [5.41, 5.74) is 1.12. The van der Waals surface area contributed by atoms with Gasteiger partial charge in [0.2, 0.25) is 5.91 Å². The minimum Gasteiger partial charge on any atom is -0.497 e. The first kappa shape index (κ1) is 17.5.